The molecule has 0 aromatic carbocycles. The van der Waals surface area contributed by atoms with Crippen LogP contribution in [0.3, 0.4) is 0 Å². The quantitative estimate of drug-likeness (QED) is 0.842. The highest BCUT2D eigenvalue weighted by atomic mass is 35.5. The molecule has 1 aromatic rings. The lowest BCUT2D eigenvalue weighted by atomic mass is 10.2. The molecule has 1 aromatic heterocycles. The second-order valence-corrected chi connectivity index (χ2v) is 7.18. The number of nitrogens with one attached hydrogen (secondary N) is 1. The summed E-state index contributed by atoms with van der Waals surface area (Å²) in [4.78, 5) is 14.6. The zero-order valence-electron chi connectivity index (χ0n) is 11.0. The summed E-state index contributed by atoms with van der Waals surface area (Å²) in [6, 6.07) is 1.49. The molecule has 0 spiro atoms. The van der Waals surface area contributed by atoms with Gasteiger partial charge < -0.3 is 10.6 Å². The molecule has 3 N–H and O–H groups in total. The third-order valence-electron chi connectivity index (χ3n) is 3.28. The van der Waals surface area contributed by atoms with E-state index in [-0.39, 0.29) is 29.3 Å². The lowest BCUT2D eigenvalue weighted by Gasteiger charge is -2.22. The van der Waals surface area contributed by atoms with Crippen molar-refractivity contribution in [2.45, 2.75) is 23.8 Å². The average molecular weight is 340 g/mol. The molecule has 6 nitrogen and oxygen atoms in total. The van der Waals surface area contributed by atoms with Gasteiger partial charge >= 0.3 is 0 Å². The van der Waals surface area contributed by atoms with Crippen molar-refractivity contribution in [2.75, 3.05) is 20.1 Å². The van der Waals surface area contributed by atoms with Crippen molar-refractivity contribution in [3.63, 3.8) is 0 Å². The Balaban J connectivity index is 0.00000200. The summed E-state index contributed by atoms with van der Waals surface area (Å²) < 4.78 is 25.5. The van der Waals surface area contributed by atoms with Gasteiger partial charge in [0.05, 0.1) is 9.77 Å². The van der Waals surface area contributed by atoms with Gasteiger partial charge in [-0.25, -0.2) is 13.1 Å². The van der Waals surface area contributed by atoms with Crippen LogP contribution in [-0.4, -0.2) is 45.4 Å². The van der Waals surface area contributed by atoms with Crippen LogP contribution < -0.4 is 10.5 Å². The fraction of sp³-hybridized carbons (Fsp3) is 0.545. The molecular weight excluding hydrogens is 322 g/mol. The number of carbonyl (C=O) groups is 1. The van der Waals surface area contributed by atoms with Crippen LogP contribution in [0.25, 0.3) is 0 Å². The van der Waals surface area contributed by atoms with Crippen molar-refractivity contribution in [3.05, 3.63) is 16.3 Å². The van der Waals surface area contributed by atoms with Crippen molar-refractivity contribution in [3.8, 4) is 0 Å². The van der Waals surface area contributed by atoms with Gasteiger partial charge in [0, 0.05) is 24.5 Å². The van der Waals surface area contributed by atoms with Crippen LogP contribution in [0.2, 0.25) is 0 Å². The highest BCUT2D eigenvalue weighted by Crippen LogP contribution is 2.24. The van der Waals surface area contributed by atoms with Crippen molar-refractivity contribution >= 4 is 39.7 Å². The molecule has 1 saturated heterocycles. The van der Waals surface area contributed by atoms with Crippen molar-refractivity contribution < 1.29 is 13.2 Å². The van der Waals surface area contributed by atoms with Crippen LogP contribution in [0.15, 0.2) is 16.3 Å². The number of nitrogens with zero attached hydrogens (tertiary/aromatic N) is 1. The van der Waals surface area contributed by atoms with Crippen LogP contribution >= 0.6 is 23.7 Å². The maximum absolute atomic E-state index is 12.3. The van der Waals surface area contributed by atoms with Crippen molar-refractivity contribution in [2.24, 2.45) is 5.73 Å². The SMILES string of the molecule is CNS(=O)(=O)c1csc(C(=O)N2CCCC2CN)c1.Cl. The summed E-state index contributed by atoms with van der Waals surface area (Å²) in [5.74, 6) is -0.129. The lowest BCUT2D eigenvalue weighted by molar-refractivity contribution is 0.0746. The smallest absolute Gasteiger partial charge is 0.264 e. The Morgan fingerprint density at radius 3 is 2.90 bits per heavy atom. The number of sulfonamides is 1. The topological polar surface area (TPSA) is 92.5 Å². The number of rotatable bonds is 4. The molecule has 1 amide bonds. The van der Waals surface area contributed by atoms with Crippen molar-refractivity contribution in [1.82, 2.24) is 9.62 Å². The van der Waals surface area contributed by atoms with Gasteiger partial charge in [-0.05, 0) is 26.0 Å². The van der Waals surface area contributed by atoms with Gasteiger partial charge in [-0.1, -0.05) is 0 Å². The first-order valence-corrected chi connectivity index (χ1v) is 8.39. The Morgan fingerprint density at radius 1 is 1.60 bits per heavy atom. The molecule has 0 saturated carbocycles. The predicted octanol–water partition coefficient (Wildman–Crippen LogP) is 0.641. The van der Waals surface area contributed by atoms with E-state index in [0.29, 0.717) is 18.0 Å². The predicted molar refractivity (Wildman–Crippen MR) is 80.9 cm³/mol. The molecule has 20 heavy (non-hydrogen) atoms. The molecule has 0 bridgehead atoms. The molecule has 0 aliphatic carbocycles. The summed E-state index contributed by atoms with van der Waals surface area (Å²) in [5.41, 5.74) is 5.64. The van der Waals surface area contributed by atoms with Gasteiger partial charge in [-0.2, -0.15) is 0 Å². The summed E-state index contributed by atoms with van der Waals surface area (Å²) in [5, 5.41) is 1.48. The fourth-order valence-corrected chi connectivity index (χ4v) is 4.14. The number of carbonyl (C=O) groups excluding carboxylic acids is 1. The van der Waals surface area contributed by atoms with Crippen molar-refractivity contribution in [1.29, 1.82) is 0 Å². The Labute approximate surface area is 128 Å². The maximum Gasteiger partial charge on any atom is 0.264 e. The first-order chi connectivity index (χ1) is 8.99. The monoisotopic (exact) mass is 339 g/mol. The summed E-state index contributed by atoms with van der Waals surface area (Å²) in [6.45, 7) is 1.13. The molecule has 2 heterocycles. The molecule has 2 rings (SSSR count). The largest absolute Gasteiger partial charge is 0.334 e. The molecule has 0 radical (unpaired) electrons. The molecule has 114 valence electrons. The zero-order valence-corrected chi connectivity index (χ0v) is 13.5. The number of hydrogen-bond acceptors (Lipinski definition) is 5. The Kier molecular flexibility index (Phi) is 5.96. The molecule has 1 atom stereocenters. The fourth-order valence-electron chi connectivity index (χ4n) is 2.18. The minimum atomic E-state index is -3.49. The number of thiophene rings is 1. The minimum Gasteiger partial charge on any atom is -0.334 e. The van der Waals surface area contributed by atoms with Crippen LogP contribution in [0, 0.1) is 0 Å². The third-order valence-corrected chi connectivity index (χ3v) is 5.74. The summed E-state index contributed by atoms with van der Waals surface area (Å²) in [7, 11) is -2.14. The number of amides is 1. The van der Waals surface area contributed by atoms with Crippen LogP contribution in [-0.2, 0) is 10.0 Å². The van der Waals surface area contributed by atoms with E-state index in [2.05, 4.69) is 4.72 Å². The molecule has 1 fully saturated rings. The zero-order chi connectivity index (χ0) is 14.0. The van der Waals surface area contributed by atoms with E-state index in [0.717, 1.165) is 24.2 Å². The highest BCUT2D eigenvalue weighted by molar-refractivity contribution is 7.89. The second kappa shape index (κ2) is 6.86. The third kappa shape index (κ3) is 3.32. The number of halogens is 1. The van der Waals surface area contributed by atoms with E-state index >= 15 is 0 Å². The Hall–Kier alpha value is -0.670. The molecule has 1 unspecified atom stereocenters. The van der Waals surface area contributed by atoms with Crippen LogP contribution in [0.5, 0.6) is 0 Å². The van der Waals surface area contributed by atoms with Gasteiger partial charge in [-0.15, -0.1) is 23.7 Å². The van der Waals surface area contributed by atoms with Gasteiger partial charge in [-0.3, -0.25) is 4.79 Å². The maximum atomic E-state index is 12.3. The van der Waals surface area contributed by atoms with E-state index in [4.69, 9.17) is 5.73 Å². The van der Waals surface area contributed by atoms with Gasteiger partial charge in [0.15, 0.2) is 0 Å². The average Bonchev–Trinajstić information content (AvgIpc) is 3.06. The van der Waals surface area contributed by atoms with E-state index in [9.17, 15) is 13.2 Å². The van der Waals surface area contributed by atoms with Gasteiger partial charge in [0.2, 0.25) is 10.0 Å². The molecule has 1 aliphatic rings. The molecular formula is C11H18ClN3O3S2. The Morgan fingerprint density at radius 2 is 2.30 bits per heavy atom. The van der Waals surface area contributed by atoms with Crippen LogP contribution in [0.1, 0.15) is 22.5 Å². The first-order valence-electron chi connectivity index (χ1n) is 6.02. The number of hydrogen-bond donors (Lipinski definition) is 2. The molecule has 9 heteroatoms. The first kappa shape index (κ1) is 17.4. The van der Waals surface area contributed by atoms with E-state index in [1.165, 1.54) is 18.5 Å². The second-order valence-electron chi connectivity index (χ2n) is 4.38. The van der Waals surface area contributed by atoms with Crippen LogP contribution in [0.4, 0.5) is 0 Å². The van der Waals surface area contributed by atoms with Gasteiger partial charge in [0.1, 0.15) is 0 Å². The standard InChI is InChI=1S/C11H17N3O3S2.ClH/c1-13-19(16,17)9-5-10(18-7-9)11(15)14-4-2-3-8(14)6-12;/h5,7-8,13H,2-4,6,12H2,1H3;1H. The van der Waals surface area contributed by atoms with E-state index in [1.54, 1.807) is 4.90 Å². The number of nitrogens with two attached hydrogens (primary N) is 1. The normalized spacial score (nSPS) is 18.9. The van der Waals surface area contributed by atoms with E-state index < -0.39 is 10.0 Å². The Bertz CT molecular complexity index is 573. The number of likely N-dealkylation sites (tertiary alicyclic amines) is 1. The summed E-state index contributed by atoms with van der Waals surface area (Å²) in [6.07, 6.45) is 1.86. The molecule has 1 aliphatic heterocycles. The van der Waals surface area contributed by atoms with Gasteiger partial charge in [0.25, 0.3) is 5.91 Å². The lowest BCUT2D eigenvalue weighted by Crippen LogP contribution is -2.39. The highest BCUT2D eigenvalue weighted by Gasteiger charge is 2.29. The minimum absolute atomic E-state index is 0. The summed E-state index contributed by atoms with van der Waals surface area (Å²) >= 11 is 1.15. The van der Waals surface area contributed by atoms with E-state index in [1.807, 2.05) is 0 Å².